The van der Waals surface area contributed by atoms with Crippen LogP contribution in [0.5, 0.6) is 0 Å². The van der Waals surface area contributed by atoms with Crippen molar-refractivity contribution < 1.29 is 0 Å². The summed E-state index contributed by atoms with van der Waals surface area (Å²) in [4.78, 5) is 1.29. The third-order valence-electron chi connectivity index (χ3n) is 6.03. The number of para-hydroxylation sites is 1. The summed E-state index contributed by atoms with van der Waals surface area (Å²) in [5.74, 6) is 0. The maximum absolute atomic E-state index is 4.62. The summed E-state index contributed by atoms with van der Waals surface area (Å²) in [5, 5.41) is 13.9. The second-order valence-electron chi connectivity index (χ2n) is 7.88. The quantitative estimate of drug-likeness (QED) is 0.302. The van der Waals surface area contributed by atoms with E-state index in [0.717, 1.165) is 35.6 Å². The minimum absolute atomic E-state index is 0.777. The molecule has 0 aliphatic rings. The Kier molecular flexibility index (Phi) is 4.62. The van der Waals surface area contributed by atoms with Gasteiger partial charge in [-0.1, -0.05) is 59.8 Å². The molecule has 3 aromatic carbocycles. The number of thiophene rings is 1. The molecule has 5 heteroatoms. The first-order valence-electron chi connectivity index (χ1n) is 10.9. The summed E-state index contributed by atoms with van der Waals surface area (Å²) >= 11 is 1.76. The molecule has 0 bridgehead atoms. The Morgan fingerprint density at radius 1 is 0.812 bits per heavy atom. The monoisotopic (exact) mass is 434 g/mol. The van der Waals surface area contributed by atoms with Crippen molar-refractivity contribution in [2.24, 2.45) is 0 Å². The van der Waals surface area contributed by atoms with Gasteiger partial charge in [0.05, 0.1) is 17.1 Å². The van der Waals surface area contributed by atoms with E-state index in [0.29, 0.717) is 0 Å². The van der Waals surface area contributed by atoms with Gasteiger partial charge in [-0.15, -0.1) is 16.4 Å². The van der Waals surface area contributed by atoms with E-state index in [9.17, 15) is 0 Å². The van der Waals surface area contributed by atoms with Crippen LogP contribution in [0, 0.1) is 0 Å². The average Bonchev–Trinajstić information content (AvgIpc) is 3.57. The molecule has 6 aromatic rings. The van der Waals surface area contributed by atoms with Crippen LogP contribution in [0.3, 0.4) is 0 Å². The largest absolute Gasteiger partial charge is 0.341 e. The maximum atomic E-state index is 4.62. The predicted octanol–water partition coefficient (Wildman–Crippen LogP) is 6.71. The Bertz CT molecular complexity index is 1520. The molecule has 0 saturated carbocycles. The third kappa shape index (κ3) is 3.05. The maximum Gasteiger partial charge on any atom is 0.0980 e. The van der Waals surface area contributed by atoms with Gasteiger partial charge in [0, 0.05) is 45.2 Å². The zero-order chi connectivity index (χ0) is 21.5. The molecule has 4 nitrogen and oxygen atoms in total. The molecule has 0 radical (unpaired) electrons. The Balaban J connectivity index is 1.57. The van der Waals surface area contributed by atoms with Crippen LogP contribution in [0.2, 0.25) is 0 Å². The van der Waals surface area contributed by atoms with Crippen LogP contribution >= 0.6 is 11.3 Å². The van der Waals surface area contributed by atoms with E-state index in [-0.39, 0.29) is 0 Å². The topological polar surface area (TPSA) is 35.6 Å². The Morgan fingerprint density at radius 3 is 2.44 bits per heavy atom. The zero-order valence-corrected chi connectivity index (χ0v) is 18.6. The van der Waals surface area contributed by atoms with Crippen LogP contribution in [0.15, 0.2) is 90.3 Å². The molecule has 32 heavy (non-hydrogen) atoms. The van der Waals surface area contributed by atoms with Gasteiger partial charge >= 0.3 is 0 Å². The number of rotatable bonds is 5. The molecule has 0 saturated heterocycles. The highest BCUT2D eigenvalue weighted by atomic mass is 32.1. The smallest absolute Gasteiger partial charge is 0.0980 e. The Morgan fingerprint density at radius 2 is 1.62 bits per heavy atom. The predicted molar refractivity (Wildman–Crippen MR) is 133 cm³/mol. The van der Waals surface area contributed by atoms with Crippen molar-refractivity contribution in [3.8, 4) is 16.9 Å². The second-order valence-corrected chi connectivity index (χ2v) is 8.91. The molecule has 6 rings (SSSR count). The summed E-state index contributed by atoms with van der Waals surface area (Å²) in [6.45, 7) is 3.13. The SMILES string of the molecule is CCn1c2ccccc2c2cc(-n3nnc(Cc4cccs4)c3-c3ccccc3)ccc21. The van der Waals surface area contributed by atoms with Gasteiger partial charge in [0.2, 0.25) is 0 Å². The van der Waals surface area contributed by atoms with E-state index in [1.54, 1.807) is 11.3 Å². The lowest BCUT2D eigenvalue weighted by Crippen LogP contribution is -2.01. The molecule has 0 spiro atoms. The third-order valence-corrected chi connectivity index (χ3v) is 6.90. The van der Waals surface area contributed by atoms with E-state index < -0.39 is 0 Å². The van der Waals surface area contributed by atoms with Gasteiger partial charge in [0.15, 0.2) is 0 Å². The van der Waals surface area contributed by atoms with Gasteiger partial charge in [-0.05, 0) is 42.6 Å². The van der Waals surface area contributed by atoms with Crippen molar-refractivity contribution in [1.82, 2.24) is 19.6 Å². The molecule has 3 heterocycles. The highest BCUT2D eigenvalue weighted by Gasteiger charge is 2.18. The first-order valence-corrected chi connectivity index (χ1v) is 11.7. The number of aryl methyl sites for hydroxylation is 1. The fourth-order valence-electron chi connectivity index (χ4n) is 4.59. The number of nitrogens with zero attached hydrogens (tertiary/aromatic N) is 4. The summed E-state index contributed by atoms with van der Waals surface area (Å²) in [6, 6.07) is 29.9. The van der Waals surface area contributed by atoms with E-state index >= 15 is 0 Å². The van der Waals surface area contributed by atoms with Crippen molar-refractivity contribution in [2.45, 2.75) is 19.9 Å². The summed E-state index contributed by atoms with van der Waals surface area (Å²) in [5.41, 5.74) is 6.72. The highest BCUT2D eigenvalue weighted by Crippen LogP contribution is 2.33. The van der Waals surface area contributed by atoms with Crippen LogP contribution in [-0.4, -0.2) is 19.6 Å². The number of benzene rings is 3. The van der Waals surface area contributed by atoms with Gasteiger partial charge in [-0.25, -0.2) is 4.68 Å². The van der Waals surface area contributed by atoms with Crippen LogP contribution < -0.4 is 0 Å². The first-order chi connectivity index (χ1) is 15.8. The van der Waals surface area contributed by atoms with Crippen LogP contribution in [0.25, 0.3) is 38.8 Å². The summed E-state index contributed by atoms with van der Waals surface area (Å²) < 4.78 is 4.37. The first kappa shape index (κ1) is 19.0. The van der Waals surface area contributed by atoms with Crippen LogP contribution in [0.4, 0.5) is 0 Å². The van der Waals surface area contributed by atoms with Crippen molar-refractivity contribution in [2.75, 3.05) is 0 Å². The minimum Gasteiger partial charge on any atom is -0.341 e. The van der Waals surface area contributed by atoms with Gasteiger partial charge < -0.3 is 4.57 Å². The molecule has 0 unspecified atom stereocenters. The van der Waals surface area contributed by atoms with Crippen LogP contribution in [0.1, 0.15) is 17.5 Å². The molecule has 3 aromatic heterocycles. The van der Waals surface area contributed by atoms with Gasteiger partial charge in [0.25, 0.3) is 0 Å². The molecule has 0 atom stereocenters. The van der Waals surface area contributed by atoms with Gasteiger partial charge in [-0.2, -0.15) is 0 Å². The number of aromatic nitrogens is 4. The van der Waals surface area contributed by atoms with Crippen molar-refractivity contribution >= 4 is 33.1 Å². The second kappa shape index (κ2) is 7.77. The molecular formula is C27H22N4S. The summed E-state index contributed by atoms with van der Waals surface area (Å²) in [7, 11) is 0. The number of hydrogen-bond acceptors (Lipinski definition) is 3. The molecule has 0 N–H and O–H groups in total. The minimum atomic E-state index is 0.777. The van der Waals surface area contributed by atoms with E-state index in [4.69, 9.17) is 0 Å². The standard InChI is InChI=1S/C27H22N4S/c1-2-30-25-13-7-6-12-22(25)23-17-20(14-15-26(23)30)31-27(19-9-4-3-5-10-19)24(28-29-31)18-21-11-8-16-32-21/h3-17H,2,18H2,1H3. The van der Waals surface area contributed by atoms with E-state index in [2.05, 4.69) is 106 Å². The molecule has 0 aliphatic carbocycles. The lowest BCUT2D eigenvalue weighted by molar-refractivity contribution is 0.802. The lowest BCUT2D eigenvalue weighted by Gasteiger charge is -2.09. The van der Waals surface area contributed by atoms with E-state index in [1.807, 2.05) is 10.7 Å². The average molecular weight is 435 g/mol. The number of fused-ring (bicyclic) bond motifs is 3. The van der Waals surface area contributed by atoms with Gasteiger partial charge in [0.1, 0.15) is 0 Å². The van der Waals surface area contributed by atoms with Gasteiger partial charge in [-0.3, -0.25) is 0 Å². The van der Waals surface area contributed by atoms with E-state index in [1.165, 1.54) is 26.7 Å². The normalized spacial score (nSPS) is 11.5. The Labute approximate surface area is 190 Å². The Hall–Kier alpha value is -3.70. The fourth-order valence-corrected chi connectivity index (χ4v) is 5.30. The molecule has 0 fully saturated rings. The fraction of sp³-hybridized carbons (Fsp3) is 0.111. The highest BCUT2D eigenvalue weighted by molar-refractivity contribution is 7.09. The molecule has 156 valence electrons. The summed E-state index contributed by atoms with van der Waals surface area (Å²) in [6.07, 6.45) is 0.777. The molecular weight excluding hydrogens is 412 g/mol. The zero-order valence-electron chi connectivity index (χ0n) is 17.8. The van der Waals surface area contributed by atoms with Crippen molar-refractivity contribution in [1.29, 1.82) is 0 Å². The van der Waals surface area contributed by atoms with Crippen molar-refractivity contribution in [3.05, 3.63) is 101 Å². The molecule has 0 amide bonds. The molecule has 0 aliphatic heterocycles. The lowest BCUT2D eigenvalue weighted by atomic mass is 10.1. The number of hydrogen-bond donors (Lipinski definition) is 0. The van der Waals surface area contributed by atoms with Crippen molar-refractivity contribution in [3.63, 3.8) is 0 Å². The van der Waals surface area contributed by atoms with Crippen LogP contribution in [-0.2, 0) is 13.0 Å².